The maximum atomic E-state index is 13.6. The fraction of sp³-hybridized carbons (Fsp3) is 0.261. The van der Waals surface area contributed by atoms with Gasteiger partial charge in [0.2, 0.25) is 0 Å². The molecule has 5 nitrogen and oxygen atoms in total. The van der Waals surface area contributed by atoms with Crippen molar-refractivity contribution in [1.82, 2.24) is 14.8 Å². The van der Waals surface area contributed by atoms with Crippen LogP contribution in [0.15, 0.2) is 54.6 Å². The van der Waals surface area contributed by atoms with Crippen molar-refractivity contribution in [1.29, 1.82) is 0 Å². The molecular weight excluding hydrogens is 369 g/mol. The fourth-order valence-corrected chi connectivity index (χ4v) is 3.77. The number of aryl methyl sites for hydroxylation is 1. The molecule has 4 rings (SSSR count). The lowest BCUT2D eigenvalue weighted by atomic mass is 10.1. The van der Waals surface area contributed by atoms with Crippen LogP contribution < -0.4 is 0 Å². The molecule has 0 atom stereocenters. The Bertz CT molecular complexity index is 1060. The van der Waals surface area contributed by atoms with Crippen molar-refractivity contribution >= 4 is 22.7 Å². The molecule has 0 radical (unpaired) electrons. The smallest absolute Gasteiger partial charge is 0.254 e. The third-order valence-corrected chi connectivity index (χ3v) is 5.22. The topological polar surface area (TPSA) is 53.5 Å². The highest BCUT2D eigenvalue weighted by atomic mass is 19.1. The van der Waals surface area contributed by atoms with Crippen LogP contribution in [0, 0.1) is 12.7 Å². The number of fused-ring (bicyclic) bond motifs is 1. The van der Waals surface area contributed by atoms with Gasteiger partial charge in [0, 0.05) is 48.9 Å². The predicted molar refractivity (Wildman–Crippen MR) is 109 cm³/mol. The highest BCUT2D eigenvalue weighted by Gasteiger charge is 2.25. The minimum atomic E-state index is -0.376. The summed E-state index contributed by atoms with van der Waals surface area (Å²) in [5, 5.41) is 0.642. The van der Waals surface area contributed by atoms with Crippen LogP contribution in [0.5, 0.6) is 0 Å². The summed E-state index contributed by atoms with van der Waals surface area (Å²) in [4.78, 5) is 33.9. The van der Waals surface area contributed by atoms with E-state index in [0.717, 1.165) is 0 Å². The zero-order chi connectivity index (χ0) is 20.4. The van der Waals surface area contributed by atoms with Gasteiger partial charge < -0.3 is 9.80 Å². The van der Waals surface area contributed by atoms with Crippen LogP contribution in [0.4, 0.5) is 4.39 Å². The monoisotopic (exact) mass is 391 g/mol. The van der Waals surface area contributed by atoms with E-state index >= 15 is 0 Å². The molecule has 0 bridgehead atoms. The number of nitrogens with zero attached hydrogens (tertiary/aromatic N) is 3. The summed E-state index contributed by atoms with van der Waals surface area (Å²) in [5.74, 6) is -0.500. The SMILES string of the molecule is Cc1cc(C(=O)N2CCCN(C(=O)c3ccccc3)CC2)c2ccc(F)cc2n1. The number of hydrogen-bond donors (Lipinski definition) is 0. The molecule has 29 heavy (non-hydrogen) atoms. The summed E-state index contributed by atoms with van der Waals surface area (Å²) in [7, 11) is 0. The molecule has 0 aliphatic carbocycles. The normalized spacial score (nSPS) is 14.7. The Kier molecular flexibility index (Phi) is 5.25. The highest BCUT2D eigenvalue weighted by molar-refractivity contribution is 6.06. The second kappa shape index (κ2) is 7.99. The maximum Gasteiger partial charge on any atom is 0.254 e. The summed E-state index contributed by atoms with van der Waals surface area (Å²) in [6.07, 6.45) is 0.709. The third-order valence-electron chi connectivity index (χ3n) is 5.22. The predicted octanol–water partition coefficient (Wildman–Crippen LogP) is 3.67. The van der Waals surface area contributed by atoms with Gasteiger partial charge in [0.25, 0.3) is 11.8 Å². The van der Waals surface area contributed by atoms with Crippen LogP contribution in [-0.2, 0) is 0 Å². The van der Waals surface area contributed by atoms with Crippen molar-refractivity contribution < 1.29 is 14.0 Å². The van der Waals surface area contributed by atoms with Crippen LogP contribution in [0.1, 0.15) is 32.8 Å². The van der Waals surface area contributed by atoms with Gasteiger partial charge in [-0.1, -0.05) is 18.2 Å². The van der Waals surface area contributed by atoms with E-state index in [-0.39, 0.29) is 17.6 Å². The summed E-state index contributed by atoms with van der Waals surface area (Å²) in [6.45, 7) is 3.92. The number of aromatic nitrogens is 1. The molecule has 1 saturated heterocycles. The lowest BCUT2D eigenvalue weighted by Gasteiger charge is -2.23. The molecule has 1 aliphatic heterocycles. The Balaban J connectivity index is 1.55. The van der Waals surface area contributed by atoms with Crippen LogP contribution in [0.3, 0.4) is 0 Å². The molecule has 2 heterocycles. The molecular formula is C23H22FN3O2. The first kappa shape index (κ1) is 19.1. The lowest BCUT2D eigenvalue weighted by Crippen LogP contribution is -2.37. The second-order valence-corrected chi connectivity index (χ2v) is 7.28. The maximum absolute atomic E-state index is 13.6. The summed E-state index contributed by atoms with van der Waals surface area (Å²) in [5.41, 5.74) is 2.33. The van der Waals surface area contributed by atoms with Gasteiger partial charge in [0.05, 0.1) is 11.1 Å². The minimum Gasteiger partial charge on any atom is -0.337 e. The van der Waals surface area contributed by atoms with E-state index in [1.807, 2.05) is 18.2 Å². The number of rotatable bonds is 2. The van der Waals surface area contributed by atoms with Crippen LogP contribution in [0.25, 0.3) is 10.9 Å². The molecule has 0 unspecified atom stereocenters. The minimum absolute atomic E-state index is 0.0134. The van der Waals surface area contributed by atoms with Crippen molar-refractivity contribution in [2.45, 2.75) is 13.3 Å². The summed E-state index contributed by atoms with van der Waals surface area (Å²) < 4.78 is 13.6. The van der Waals surface area contributed by atoms with Gasteiger partial charge in [-0.3, -0.25) is 14.6 Å². The molecule has 0 saturated carbocycles. The largest absolute Gasteiger partial charge is 0.337 e. The van der Waals surface area contributed by atoms with Gasteiger partial charge in [-0.15, -0.1) is 0 Å². The number of carbonyl (C=O) groups excluding carboxylic acids is 2. The van der Waals surface area contributed by atoms with Crippen molar-refractivity contribution in [2.24, 2.45) is 0 Å². The van der Waals surface area contributed by atoms with Gasteiger partial charge in [-0.2, -0.15) is 0 Å². The Labute approximate surface area is 168 Å². The Morgan fingerprint density at radius 2 is 1.59 bits per heavy atom. The van der Waals surface area contributed by atoms with Crippen LogP contribution in [0.2, 0.25) is 0 Å². The number of benzene rings is 2. The van der Waals surface area contributed by atoms with Gasteiger partial charge in [0.15, 0.2) is 0 Å². The van der Waals surface area contributed by atoms with E-state index in [9.17, 15) is 14.0 Å². The summed E-state index contributed by atoms with van der Waals surface area (Å²) >= 11 is 0. The molecule has 1 aliphatic rings. The molecule has 2 aromatic carbocycles. The standard InChI is InChI=1S/C23H22FN3O2/c1-16-14-20(19-9-8-18(24)15-21(19)25-16)23(29)27-11-5-10-26(12-13-27)22(28)17-6-3-2-4-7-17/h2-4,6-9,14-15H,5,10-13H2,1H3. The molecule has 148 valence electrons. The first-order chi connectivity index (χ1) is 14.0. The first-order valence-electron chi connectivity index (χ1n) is 9.73. The van der Waals surface area contributed by atoms with Crippen molar-refractivity contribution in [3.63, 3.8) is 0 Å². The Hall–Kier alpha value is -3.28. The van der Waals surface area contributed by atoms with Crippen LogP contribution in [-0.4, -0.2) is 52.8 Å². The molecule has 0 spiro atoms. The lowest BCUT2D eigenvalue weighted by molar-refractivity contribution is 0.0719. The van der Waals surface area contributed by atoms with Crippen molar-refractivity contribution in [3.8, 4) is 0 Å². The van der Waals surface area contributed by atoms with Gasteiger partial charge in [-0.05, 0) is 43.7 Å². The first-order valence-corrected chi connectivity index (χ1v) is 9.73. The Morgan fingerprint density at radius 3 is 2.31 bits per heavy atom. The molecule has 1 aromatic heterocycles. The van der Waals surface area contributed by atoms with E-state index < -0.39 is 0 Å². The summed E-state index contributed by atoms with van der Waals surface area (Å²) in [6, 6.07) is 15.2. The molecule has 2 amide bonds. The molecule has 6 heteroatoms. The van der Waals surface area contributed by atoms with Gasteiger partial charge in [0.1, 0.15) is 5.82 Å². The quantitative estimate of drug-likeness (QED) is 0.670. The van der Waals surface area contributed by atoms with Gasteiger partial charge >= 0.3 is 0 Å². The third kappa shape index (κ3) is 3.97. The average molecular weight is 391 g/mol. The van der Waals surface area contributed by atoms with E-state index in [1.165, 1.54) is 12.1 Å². The van der Waals surface area contributed by atoms with E-state index in [1.54, 1.807) is 41.0 Å². The second-order valence-electron chi connectivity index (χ2n) is 7.28. The van der Waals surface area contributed by atoms with E-state index in [0.29, 0.717) is 60.3 Å². The molecule has 3 aromatic rings. The van der Waals surface area contributed by atoms with Crippen molar-refractivity contribution in [3.05, 3.63) is 77.2 Å². The number of carbonyl (C=O) groups is 2. The number of pyridine rings is 1. The van der Waals surface area contributed by atoms with E-state index in [4.69, 9.17) is 0 Å². The Morgan fingerprint density at radius 1 is 0.897 bits per heavy atom. The van der Waals surface area contributed by atoms with Crippen molar-refractivity contribution in [2.75, 3.05) is 26.2 Å². The zero-order valence-electron chi connectivity index (χ0n) is 16.3. The molecule has 1 fully saturated rings. The zero-order valence-corrected chi connectivity index (χ0v) is 16.3. The van der Waals surface area contributed by atoms with Crippen LogP contribution >= 0.6 is 0 Å². The number of halogens is 1. The van der Waals surface area contributed by atoms with Gasteiger partial charge in [-0.25, -0.2) is 4.39 Å². The fourth-order valence-electron chi connectivity index (χ4n) is 3.77. The average Bonchev–Trinajstić information content (AvgIpc) is 2.98. The number of hydrogen-bond acceptors (Lipinski definition) is 3. The number of amides is 2. The van der Waals surface area contributed by atoms with E-state index in [2.05, 4.69) is 4.98 Å². The molecule has 0 N–H and O–H groups in total. The highest BCUT2D eigenvalue weighted by Crippen LogP contribution is 2.22.